The van der Waals surface area contributed by atoms with Crippen molar-refractivity contribution in [1.29, 1.82) is 0 Å². The average molecular weight is 260 g/mol. The summed E-state index contributed by atoms with van der Waals surface area (Å²) < 4.78 is 25.8. The molecule has 1 aliphatic heterocycles. The van der Waals surface area contributed by atoms with Crippen LogP contribution in [0.3, 0.4) is 0 Å². The monoisotopic (exact) mass is 260 g/mol. The third-order valence-electron chi connectivity index (χ3n) is 4.45. The summed E-state index contributed by atoms with van der Waals surface area (Å²) in [5.74, 6) is 0.233. The zero-order chi connectivity index (χ0) is 12.4. The van der Waals surface area contributed by atoms with Gasteiger partial charge in [0.05, 0.1) is 5.75 Å². The minimum Gasteiger partial charge on any atom is -0.319 e. The molecular weight excluding hydrogens is 236 g/mol. The van der Waals surface area contributed by atoms with Gasteiger partial charge in [-0.1, -0.05) is 12.8 Å². The molecular formula is C12H24N2O2S. The van der Waals surface area contributed by atoms with E-state index in [9.17, 15) is 8.42 Å². The van der Waals surface area contributed by atoms with Gasteiger partial charge in [0.1, 0.15) is 0 Å². The molecule has 2 aliphatic rings. The Hall–Kier alpha value is -0.130. The van der Waals surface area contributed by atoms with Crippen LogP contribution in [-0.2, 0) is 10.0 Å². The zero-order valence-corrected chi connectivity index (χ0v) is 11.6. The second-order valence-electron chi connectivity index (χ2n) is 5.53. The summed E-state index contributed by atoms with van der Waals surface area (Å²) in [7, 11) is -1.23. The Labute approximate surface area is 105 Å². The number of rotatable bonds is 4. The predicted molar refractivity (Wildman–Crippen MR) is 69.4 cm³/mol. The van der Waals surface area contributed by atoms with Crippen LogP contribution >= 0.6 is 0 Å². The molecule has 5 heteroatoms. The maximum absolute atomic E-state index is 12.0. The fourth-order valence-electron chi connectivity index (χ4n) is 3.22. The molecule has 0 unspecified atom stereocenters. The van der Waals surface area contributed by atoms with Crippen LogP contribution < -0.4 is 5.32 Å². The van der Waals surface area contributed by atoms with Crippen LogP contribution in [0.5, 0.6) is 0 Å². The Bertz CT molecular complexity index is 338. The lowest BCUT2D eigenvalue weighted by atomic mass is 9.78. The fourth-order valence-corrected chi connectivity index (χ4v) is 4.68. The Morgan fingerprint density at radius 1 is 1.12 bits per heavy atom. The van der Waals surface area contributed by atoms with Crippen LogP contribution in [0.2, 0.25) is 0 Å². The summed E-state index contributed by atoms with van der Waals surface area (Å²) in [5.41, 5.74) is 0.495. The van der Waals surface area contributed by atoms with Crippen molar-refractivity contribution in [2.75, 3.05) is 32.4 Å². The van der Waals surface area contributed by atoms with E-state index < -0.39 is 10.0 Å². The first-order chi connectivity index (χ1) is 8.08. The lowest BCUT2D eigenvalue weighted by molar-refractivity contribution is 0.160. The highest BCUT2D eigenvalue weighted by molar-refractivity contribution is 7.89. The van der Waals surface area contributed by atoms with Crippen molar-refractivity contribution in [1.82, 2.24) is 9.62 Å². The first-order valence-corrected chi connectivity index (χ1v) is 8.31. The summed E-state index contributed by atoms with van der Waals surface area (Å²) in [5, 5.41) is 2.91. The molecule has 1 heterocycles. The van der Waals surface area contributed by atoms with Crippen molar-refractivity contribution in [3.63, 3.8) is 0 Å². The maximum atomic E-state index is 12.0. The molecule has 100 valence electrons. The number of sulfonamides is 1. The van der Waals surface area contributed by atoms with E-state index >= 15 is 0 Å². The summed E-state index contributed by atoms with van der Waals surface area (Å²) in [6, 6.07) is 0. The van der Waals surface area contributed by atoms with E-state index in [1.807, 2.05) is 0 Å². The van der Waals surface area contributed by atoms with E-state index in [1.165, 1.54) is 25.7 Å². The first kappa shape index (κ1) is 13.3. The van der Waals surface area contributed by atoms with E-state index in [-0.39, 0.29) is 5.75 Å². The summed E-state index contributed by atoms with van der Waals surface area (Å²) in [4.78, 5) is 0. The van der Waals surface area contributed by atoms with Crippen LogP contribution in [0.1, 0.15) is 38.5 Å². The Morgan fingerprint density at radius 3 is 2.24 bits per heavy atom. The van der Waals surface area contributed by atoms with Crippen LogP contribution in [0, 0.1) is 5.41 Å². The van der Waals surface area contributed by atoms with Gasteiger partial charge < -0.3 is 5.32 Å². The predicted octanol–water partition coefficient (Wildman–Crippen LogP) is 1.19. The van der Waals surface area contributed by atoms with Crippen LogP contribution in [0.25, 0.3) is 0 Å². The molecule has 0 aromatic rings. The van der Waals surface area contributed by atoms with Gasteiger partial charge in [-0.05, 0) is 38.1 Å². The minimum absolute atomic E-state index is 0.233. The molecule has 4 nitrogen and oxygen atoms in total. The lowest BCUT2D eigenvalue weighted by Gasteiger charge is -2.38. The van der Waals surface area contributed by atoms with Crippen molar-refractivity contribution in [2.24, 2.45) is 5.41 Å². The van der Waals surface area contributed by atoms with Gasteiger partial charge in [-0.2, -0.15) is 0 Å². The standard InChI is InChI=1S/C12H24N2O2S/c1-13-8-11-17(15,16)14-9-6-12(7-10-14)4-2-3-5-12/h13H,2-11H2,1H3. The number of hydrogen-bond acceptors (Lipinski definition) is 3. The molecule has 1 saturated heterocycles. The lowest BCUT2D eigenvalue weighted by Crippen LogP contribution is -2.44. The number of piperidine rings is 1. The van der Waals surface area contributed by atoms with Crippen molar-refractivity contribution >= 4 is 10.0 Å². The van der Waals surface area contributed by atoms with Gasteiger partial charge in [0.15, 0.2) is 0 Å². The molecule has 2 fully saturated rings. The summed E-state index contributed by atoms with van der Waals surface area (Å²) in [6.07, 6.45) is 7.46. The maximum Gasteiger partial charge on any atom is 0.215 e. The molecule has 0 aromatic carbocycles. The van der Waals surface area contributed by atoms with Crippen LogP contribution in [0.4, 0.5) is 0 Å². The second-order valence-corrected chi connectivity index (χ2v) is 7.61. The van der Waals surface area contributed by atoms with Gasteiger partial charge in [-0.25, -0.2) is 12.7 Å². The number of nitrogens with zero attached hydrogens (tertiary/aromatic N) is 1. The zero-order valence-electron chi connectivity index (χ0n) is 10.7. The Morgan fingerprint density at radius 2 is 1.71 bits per heavy atom. The molecule has 0 radical (unpaired) electrons. The topological polar surface area (TPSA) is 49.4 Å². The van der Waals surface area contributed by atoms with Crippen molar-refractivity contribution in [2.45, 2.75) is 38.5 Å². The average Bonchev–Trinajstić information content (AvgIpc) is 2.76. The van der Waals surface area contributed by atoms with Crippen molar-refractivity contribution in [3.8, 4) is 0 Å². The second kappa shape index (κ2) is 5.24. The Kier molecular flexibility index (Phi) is 4.10. The van der Waals surface area contributed by atoms with Gasteiger partial charge in [0.25, 0.3) is 0 Å². The molecule has 1 saturated carbocycles. The molecule has 1 N–H and O–H groups in total. The third-order valence-corrected chi connectivity index (χ3v) is 6.32. The molecule has 0 atom stereocenters. The van der Waals surface area contributed by atoms with Gasteiger partial charge in [-0.3, -0.25) is 0 Å². The summed E-state index contributed by atoms with van der Waals surface area (Å²) >= 11 is 0. The van der Waals surface area contributed by atoms with E-state index in [0.717, 1.165) is 25.9 Å². The smallest absolute Gasteiger partial charge is 0.215 e. The molecule has 17 heavy (non-hydrogen) atoms. The fraction of sp³-hybridized carbons (Fsp3) is 1.00. The van der Waals surface area contributed by atoms with E-state index in [2.05, 4.69) is 5.32 Å². The van der Waals surface area contributed by atoms with Gasteiger partial charge >= 0.3 is 0 Å². The quantitative estimate of drug-likeness (QED) is 0.826. The summed E-state index contributed by atoms with van der Waals surface area (Å²) in [6.45, 7) is 2.03. The molecule has 0 bridgehead atoms. The SMILES string of the molecule is CNCCS(=O)(=O)N1CCC2(CCCC2)CC1. The van der Waals surface area contributed by atoms with E-state index in [0.29, 0.717) is 12.0 Å². The van der Waals surface area contributed by atoms with Crippen molar-refractivity contribution < 1.29 is 8.42 Å². The normalized spacial score (nSPS) is 25.5. The number of nitrogens with one attached hydrogen (secondary N) is 1. The first-order valence-electron chi connectivity index (χ1n) is 6.70. The van der Waals surface area contributed by atoms with Crippen molar-refractivity contribution in [3.05, 3.63) is 0 Å². The van der Waals surface area contributed by atoms with E-state index in [4.69, 9.17) is 0 Å². The highest BCUT2D eigenvalue weighted by Gasteiger charge is 2.39. The van der Waals surface area contributed by atoms with Crippen LogP contribution in [-0.4, -0.2) is 45.2 Å². The number of hydrogen-bond donors (Lipinski definition) is 1. The molecule has 0 amide bonds. The molecule has 2 rings (SSSR count). The molecule has 1 spiro atoms. The third kappa shape index (κ3) is 3.01. The van der Waals surface area contributed by atoms with E-state index in [1.54, 1.807) is 11.4 Å². The van der Waals surface area contributed by atoms with Gasteiger partial charge in [0.2, 0.25) is 10.0 Å². The largest absolute Gasteiger partial charge is 0.319 e. The Balaban J connectivity index is 1.90. The van der Waals surface area contributed by atoms with Gasteiger partial charge in [-0.15, -0.1) is 0 Å². The minimum atomic E-state index is -3.02. The van der Waals surface area contributed by atoms with Crippen LogP contribution in [0.15, 0.2) is 0 Å². The van der Waals surface area contributed by atoms with Gasteiger partial charge in [0, 0.05) is 19.6 Å². The highest BCUT2D eigenvalue weighted by Crippen LogP contribution is 2.46. The molecule has 1 aliphatic carbocycles. The highest BCUT2D eigenvalue weighted by atomic mass is 32.2. The molecule has 0 aromatic heterocycles.